The Morgan fingerprint density at radius 1 is 0.630 bits per heavy atom. The molecule has 0 spiro atoms. The maximum atomic E-state index is 2.58. The van der Waals surface area contributed by atoms with Crippen molar-refractivity contribution in [1.82, 2.24) is 0 Å². The molecule has 0 aliphatic heterocycles. The molecule has 0 amide bonds. The maximum Gasteiger partial charge on any atom is 0.0540 e. The van der Waals surface area contributed by atoms with E-state index < -0.39 is 0 Å². The van der Waals surface area contributed by atoms with Crippen molar-refractivity contribution >= 4 is 44.3 Å². The number of allylic oxidation sites excluding steroid dienone is 5. The van der Waals surface area contributed by atoms with Gasteiger partial charge in [-0.25, -0.2) is 0 Å². The minimum Gasteiger partial charge on any atom is -0.338 e. The van der Waals surface area contributed by atoms with Crippen LogP contribution in [0.1, 0.15) is 31.7 Å². The quantitative estimate of drug-likeness (QED) is 0.145. The van der Waals surface area contributed by atoms with Crippen LogP contribution in [0.3, 0.4) is 0 Å². The summed E-state index contributed by atoms with van der Waals surface area (Å²) >= 11 is 0. The van der Waals surface area contributed by atoms with Crippen LogP contribution in [-0.2, 0) is 6.42 Å². The Morgan fingerprint density at radius 2 is 1.24 bits per heavy atom. The third-order valence-electron chi connectivity index (χ3n) is 9.01. The van der Waals surface area contributed by atoms with Gasteiger partial charge in [0.15, 0.2) is 0 Å². The first kappa shape index (κ1) is 29.4. The highest BCUT2D eigenvalue weighted by Crippen LogP contribution is 2.39. The lowest BCUT2D eigenvalue weighted by molar-refractivity contribution is 0.697. The first-order valence-corrected chi connectivity index (χ1v) is 16.5. The van der Waals surface area contributed by atoms with Crippen molar-refractivity contribution in [2.24, 2.45) is 0 Å². The van der Waals surface area contributed by atoms with E-state index in [1.54, 1.807) is 0 Å². The van der Waals surface area contributed by atoms with E-state index >= 15 is 0 Å². The fraction of sp³-hybridized carbons (Fsp3) is 0.136. The van der Waals surface area contributed by atoms with Crippen LogP contribution >= 0.6 is 0 Å². The van der Waals surface area contributed by atoms with Gasteiger partial charge in [-0.05, 0) is 84.5 Å². The van der Waals surface area contributed by atoms with Gasteiger partial charge in [-0.2, -0.15) is 0 Å². The molecule has 226 valence electrons. The molecule has 7 rings (SSSR count). The molecule has 1 atom stereocenters. The molecule has 2 nitrogen and oxygen atoms in total. The average Bonchev–Trinajstić information content (AvgIpc) is 3.13. The third kappa shape index (κ3) is 6.12. The molecule has 0 radical (unpaired) electrons. The lowest BCUT2D eigenvalue weighted by Crippen LogP contribution is -2.33. The summed E-state index contributed by atoms with van der Waals surface area (Å²) in [5.74, 6) is 0. The molecule has 0 saturated carbocycles. The van der Waals surface area contributed by atoms with Gasteiger partial charge in [0, 0.05) is 33.5 Å². The fourth-order valence-corrected chi connectivity index (χ4v) is 6.71. The molecular formula is C44H40N2. The highest BCUT2D eigenvalue weighted by Gasteiger charge is 2.21. The van der Waals surface area contributed by atoms with Gasteiger partial charge in [-0.1, -0.05) is 134 Å². The van der Waals surface area contributed by atoms with Gasteiger partial charge in [0.05, 0.1) is 11.7 Å². The summed E-state index contributed by atoms with van der Waals surface area (Å²) in [4.78, 5) is 4.94. The number of anilines is 4. The Bertz CT molecular complexity index is 2010. The number of nitrogens with zero attached hydrogens (tertiary/aromatic N) is 2. The van der Waals surface area contributed by atoms with Gasteiger partial charge < -0.3 is 9.80 Å². The Morgan fingerprint density at radius 3 is 1.91 bits per heavy atom. The van der Waals surface area contributed by atoms with E-state index in [0.717, 1.165) is 37.1 Å². The van der Waals surface area contributed by atoms with Crippen molar-refractivity contribution in [3.8, 4) is 0 Å². The zero-order chi connectivity index (χ0) is 31.1. The summed E-state index contributed by atoms with van der Waals surface area (Å²) in [7, 11) is 0. The van der Waals surface area contributed by atoms with E-state index in [9.17, 15) is 0 Å². The van der Waals surface area contributed by atoms with Crippen molar-refractivity contribution in [2.45, 2.75) is 38.6 Å². The molecule has 1 aliphatic carbocycles. The SMILES string of the molecule is CCC(/C=C\Cc1ccc(N(c2ccccc2)c2cccc3ccccc23)cc1)N(C1=CC=CCC1)c1cccc2ccccc12. The Hall–Kier alpha value is -5.34. The van der Waals surface area contributed by atoms with Crippen LogP contribution in [0, 0.1) is 0 Å². The summed E-state index contributed by atoms with van der Waals surface area (Å²) in [6.45, 7) is 2.30. The van der Waals surface area contributed by atoms with Crippen molar-refractivity contribution in [1.29, 1.82) is 0 Å². The highest BCUT2D eigenvalue weighted by atomic mass is 15.2. The van der Waals surface area contributed by atoms with Gasteiger partial charge >= 0.3 is 0 Å². The Labute approximate surface area is 273 Å². The minimum atomic E-state index is 0.266. The van der Waals surface area contributed by atoms with Crippen molar-refractivity contribution < 1.29 is 0 Å². The van der Waals surface area contributed by atoms with Crippen LogP contribution in [0.5, 0.6) is 0 Å². The molecule has 1 unspecified atom stereocenters. The van der Waals surface area contributed by atoms with E-state index in [-0.39, 0.29) is 6.04 Å². The molecule has 0 fully saturated rings. The summed E-state index contributed by atoms with van der Waals surface area (Å²) in [5.41, 5.74) is 7.46. The number of para-hydroxylation sites is 1. The van der Waals surface area contributed by atoms with Crippen molar-refractivity contribution in [3.05, 3.63) is 181 Å². The maximum absolute atomic E-state index is 2.58. The van der Waals surface area contributed by atoms with E-state index in [1.807, 2.05) is 0 Å². The van der Waals surface area contributed by atoms with Crippen LogP contribution in [0.15, 0.2) is 176 Å². The van der Waals surface area contributed by atoms with E-state index in [4.69, 9.17) is 0 Å². The van der Waals surface area contributed by atoms with Gasteiger partial charge in [-0.3, -0.25) is 0 Å². The number of hydrogen-bond donors (Lipinski definition) is 0. The molecule has 0 saturated heterocycles. The van der Waals surface area contributed by atoms with E-state index in [2.05, 4.69) is 187 Å². The first-order chi connectivity index (χ1) is 22.8. The van der Waals surface area contributed by atoms with Crippen LogP contribution in [-0.4, -0.2) is 6.04 Å². The van der Waals surface area contributed by atoms with Crippen LogP contribution in [0.4, 0.5) is 22.7 Å². The molecule has 0 heterocycles. The second kappa shape index (κ2) is 13.7. The summed E-state index contributed by atoms with van der Waals surface area (Å²) < 4.78 is 0. The average molecular weight is 597 g/mol. The van der Waals surface area contributed by atoms with Gasteiger partial charge in [-0.15, -0.1) is 0 Å². The largest absolute Gasteiger partial charge is 0.338 e. The molecule has 0 bridgehead atoms. The molecule has 1 aliphatic rings. The number of hydrogen-bond acceptors (Lipinski definition) is 2. The molecule has 6 aromatic rings. The smallest absolute Gasteiger partial charge is 0.0540 e. The molecule has 6 aromatic carbocycles. The third-order valence-corrected chi connectivity index (χ3v) is 9.01. The zero-order valence-corrected chi connectivity index (χ0v) is 26.5. The van der Waals surface area contributed by atoms with Crippen LogP contribution < -0.4 is 9.80 Å². The van der Waals surface area contributed by atoms with Gasteiger partial charge in [0.1, 0.15) is 0 Å². The standard InChI is InChI=1S/C44H40N2/c1-2-37(45(38-21-5-3-6-22-38)43-28-14-19-35-17-9-11-26-41(35)43)25-13-16-34-30-32-40(33-31-34)46(39-23-7-4-8-24-39)44-29-15-20-36-18-10-12-27-42(36)44/h3-5,7-15,17-21,23-33,37H,2,6,16,22H2,1H3/b25-13-. The number of fused-ring (bicyclic) bond motifs is 2. The second-order valence-corrected chi connectivity index (χ2v) is 11.9. The molecule has 2 heteroatoms. The van der Waals surface area contributed by atoms with Gasteiger partial charge in [0.25, 0.3) is 0 Å². The van der Waals surface area contributed by atoms with E-state index in [1.165, 1.54) is 44.2 Å². The van der Waals surface area contributed by atoms with E-state index in [0.29, 0.717) is 0 Å². The summed E-state index contributed by atoms with van der Waals surface area (Å²) in [5, 5.41) is 5.07. The zero-order valence-electron chi connectivity index (χ0n) is 26.5. The minimum absolute atomic E-state index is 0.266. The number of benzene rings is 6. The number of rotatable bonds is 10. The van der Waals surface area contributed by atoms with Crippen LogP contribution in [0.25, 0.3) is 21.5 Å². The summed E-state index contributed by atoms with van der Waals surface area (Å²) in [6.07, 6.45) is 15.6. The lowest BCUT2D eigenvalue weighted by atomic mass is 10.0. The first-order valence-electron chi connectivity index (χ1n) is 16.5. The Balaban J connectivity index is 1.17. The molecule has 0 N–H and O–H groups in total. The predicted octanol–water partition coefficient (Wildman–Crippen LogP) is 12.1. The highest BCUT2D eigenvalue weighted by molar-refractivity contribution is 5.99. The monoisotopic (exact) mass is 596 g/mol. The van der Waals surface area contributed by atoms with Crippen molar-refractivity contribution in [3.63, 3.8) is 0 Å². The lowest BCUT2D eigenvalue weighted by Gasteiger charge is -2.35. The fourth-order valence-electron chi connectivity index (χ4n) is 6.71. The second-order valence-electron chi connectivity index (χ2n) is 11.9. The topological polar surface area (TPSA) is 6.48 Å². The normalized spacial score (nSPS) is 13.6. The Kier molecular flexibility index (Phi) is 8.78. The summed E-state index contributed by atoms with van der Waals surface area (Å²) in [6, 6.07) is 50.6. The molecular weight excluding hydrogens is 556 g/mol. The van der Waals surface area contributed by atoms with Crippen LogP contribution in [0.2, 0.25) is 0 Å². The van der Waals surface area contributed by atoms with Gasteiger partial charge in [0.2, 0.25) is 0 Å². The van der Waals surface area contributed by atoms with Crippen molar-refractivity contribution in [2.75, 3.05) is 9.80 Å². The predicted molar refractivity (Wildman–Crippen MR) is 198 cm³/mol. The molecule has 46 heavy (non-hydrogen) atoms. The molecule has 0 aromatic heterocycles.